The van der Waals surface area contributed by atoms with E-state index in [0.717, 1.165) is 35.2 Å². The van der Waals surface area contributed by atoms with Gasteiger partial charge in [0.25, 0.3) is 0 Å². The smallest absolute Gasteiger partial charge is 0.239 e. The third kappa shape index (κ3) is 3.40. The van der Waals surface area contributed by atoms with Crippen LogP contribution in [0.25, 0.3) is 10.9 Å². The van der Waals surface area contributed by atoms with E-state index in [4.69, 9.17) is 5.73 Å². The Bertz CT molecular complexity index is 1040. The summed E-state index contributed by atoms with van der Waals surface area (Å²) in [7, 11) is 0. The fourth-order valence-corrected chi connectivity index (χ4v) is 3.89. The molecule has 1 amide bonds. The van der Waals surface area contributed by atoms with Gasteiger partial charge in [-0.25, -0.2) is 4.98 Å². The van der Waals surface area contributed by atoms with Crippen molar-refractivity contribution in [2.75, 3.05) is 31.1 Å². The van der Waals surface area contributed by atoms with Gasteiger partial charge in [-0.05, 0) is 17.7 Å². The molecule has 0 saturated carbocycles. The van der Waals surface area contributed by atoms with Gasteiger partial charge in [-0.2, -0.15) is 5.26 Å². The first-order chi connectivity index (χ1) is 13.7. The Morgan fingerprint density at radius 2 is 1.71 bits per heavy atom. The van der Waals surface area contributed by atoms with Crippen LogP contribution in [0.5, 0.6) is 0 Å². The van der Waals surface area contributed by atoms with Gasteiger partial charge in [-0.15, -0.1) is 0 Å². The van der Waals surface area contributed by atoms with Gasteiger partial charge in [0.1, 0.15) is 17.8 Å². The summed E-state index contributed by atoms with van der Waals surface area (Å²) in [5.41, 5.74) is 8.88. The van der Waals surface area contributed by atoms with Gasteiger partial charge in [-0.1, -0.05) is 48.5 Å². The third-order valence-corrected chi connectivity index (χ3v) is 5.21. The molecule has 3 aromatic rings. The summed E-state index contributed by atoms with van der Waals surface area (Å²) in [5, 5.41) is 10.4. The molecule has 0 bridgehead atoms. The minimum absolute atomic E-state index is 0.333. The van der Waals surface area contributed by atoms with Crippen molar-refractivity contribution in [3.63, 3.8) is 0 Å². The topological polar surface area (TPSA) is 86.3 Å². The number of para-hydroxylation sites is 1. The standard InChI is InChI=1S/C22H21N5O/c23-15-17-14-20(18-8-4-5-9-19(18)25-17)26-10-12-27(13-11-26)21(22(24)28)16-6-2-1-3-7-16/h1-9,14,21H,10-13H2,(H2,24,28). The molecular weight excluding hydrogens is 350 g/mol. The number of hydrogen-bond acceptors (Lipinski definition) is 5. The summed E-state index contributed by atoms with van der Waals surface area (Å²) in [6.07, 6.45) is 0. The zero-order chi connectivity index (χ0) is 19.5. The van der Waals surface area contributed by atoms with Crippen LogP contribution >= 0.6 is 0 Å². The Labute approximate surface area is 163 Å². The predicted octanol–water partition coefficient (Wildman–Crippen LogP) is 2.46. The molecule has 4 rings (SSSR count). The molecule has 1 aliphatic heterocycles. The van der Waals surface area contributed by atoms with Gasteiger partial charge >= 0.3 is 0 Å². The van der Waals surface area contributed by atoms with E-state index in [9.17, 15) is 10.1 Å². The van der Waals surface area contributed by atoms with E-state index in [1.54, 1.807) is 0 Å². The van der Waals surface area contributed by atoms with Gasteiger partial charge in [0.15, 0.2) is 0 Å². The van der Waals surface area contributed by atoms with Gasteiger partial charge < -0.3 is 10.6 Å². The lowest BCUT2D eigenvalue weighted by molar-refractivity contribution is -0.123. The molecule has 1 aliphatic rings. The molecular formula is C22H21N5O. The molecule has 0 spiro atoms. The second-order valence-electron chi connectivity index (χ2n) is 6.89. The monoisotopic (exact) mass is 371 g/mol. The van der Waals surface area contributed by atoms with E-state index in [0.29, 0.717) is 18.8 Å². The first-order valence-corrected chi connectivity index (χ1v) is 9.30. The van der Waals surface area contributed by atoms with Crippen LogP contribution < -0.4 is 10.6 Å². The lowest BCUT2D eigenvalue weighted by Gasteiger charge is -2.39. The van der Waals surface area contributed by atoms with Gasteiger partial charge in [0.05, 0.1) is 5.52 Å². The quantitative estimate of drug-likeness (QED) is 0.761. The number of anilines is 1. The number of nitrogens with two attached hydrogens (primary N) is 1. The molecule has 1 atom stereocenters. The summed E-state index contributed by atoms with van der Waals surface area (Å²) < 4.78 is 0. The number of rotatable bonds is 4. The number of primary amides is 1. The lowest BCUT2D eigenvalue weighted by atomic mass is 10.0. The van der Waals surface area contributed by atoms with E-state index in [-0.39, 0.29) is 5.91 Å². The number of aromatic nitrogens is 1. The average Bonchev–Trinajstić information content (AvgIpc) is 2.74. The molecule has 1 fully saturated rings. The van der Waals surface area contributed by atoms with E-state index >= 15 is 0 Å². The number of fused-ring (bicyclic) bond motifs is 1. The minimum atomic E-state index is -0.424. The number of nitriles is 1. The van der Waals surface area contributed by atoms with Crippen LogP contribution in [0.4, 0.5) is 5.69 Å². The fraction of sp³-hybridized carbons (Fsp3) is 0.227. The Hall–Kier alpha value is -3.43. The maximum Gasteiger partial charge on any atom is 0.239 e. The minimum Gasteiger partial charge on any atom is -0.368 e. The first-order valence-electron chi connectivity index (χ1n) is 9.30. The van der Waals surface area contributed by atoms with Crippen LogP contribution in [0, 0.1) is 11.3 Å². The number of benzene rings is 2. The fourth-order valence-electron chi connectivity index (χ4n) is 3.89. The normalized spacial score (nSPS) is 15.9. The maximum atomic E-state index is 12.1. The Kier molecular flexibility index (Phi) is 4.92. The highest BCUT2D eigenvalue weighted by molar-refractivity contribution is 5.92. The average molecular weight is 371 g/mol. The van der Waals surface area contributed by atoms with Crippen molar-refractivity contribution in [2.24, 2.45) is 5.73 Å². The number of pyridine rings is 1. The molecule has 140 valence electrons. The third-order valence-electron chi connectivity index (χ3n) is 5.21. The molecule has 28 heavy (non-hydrogen) atoms. The van der Waals surface area contributed by atoms with Crippen LogP contribution in [0.1, 0.15) is 17.3 Å². The maximum absolute atomic E-state index is 12.1. The molecule has 2 aromatic carbocycles. The number of nitrogens with zero attached hydrogens (tertiary/aromatic N) is 4. The summed E-state index contributed by atoms with van der Waals surface area (Å²) >= 11 is 0. The zero-order valence-electron chi connectivity index (χ0n) is 15.5. The van der Waals surface area contributed by atoms with Crippen molar-refractivity contribution in [1.29, 1.82) is 5.26 Å². The van der Waals surface area contributed by atoms with E-state index in [2.05, 4.69) is 20.9 Å². The van der Waals surface area contributed by atoms with Gasteiger partial charge in [0, 0.05) is 37.3 Å². The molecule has 1 saturated heterocycles. The second kappa shape index (κ2) is 7.67. The van der Waals surface area contributed by atoms with Crippen molar-refractivity contribution >= 4 is 22.5 Å². The van der Waals surface area contributed by atoms with E-state index in [1.807, 2.05) is 60.7 Å². The molecule has 2 heterocycles. The highest BCUT2D eigenvalue weighted by Gasteiger charge is 2.29. The van der Waals surface area contributed by atoms with E-state index < -0.39 is 6.04 Å². The molecule has 1 unspecified atom stereocenters. The molecule has 6 nitrogen and oxygen atoms in total. The van der Waals surface area contributed by atoms with Crippen LogP contribution in [0.3, 0.4) is 0 Å². The van der Waals surface area contributed by atoms with Crippen LogP contribution in [-0.4, -0.2) is 42.0 Å². The lowest BCUT2D eigenvalue weighted by Crippen LogP contribution is -2.50. The summed E-state index contributed by atoms with van der Waals surface area (Å²) in [6, 6.07) is 21.1. The first kappa shape index (κ1) is 18.0. The SMILES string of the molecule is N#Cc1cc(N2CCN(C(C(N)=O)c3ccccc3)CC2)c2ccccc2n1. The predicted molar refractivity (Wildman–Crippen MR) is 109 cm³/mol. The molecule has 1 aromatic heterocycles. The highest BCUT2D eigenvalue weighted by atomic mass is 16.1. The van der Waals surface area contributed by atoms with Crippen molar-refractivity contribution in [3.8, 4) is 6.07 Å². The molecule has 2 N–H and O–H groups in total. The Balaban J connectivity index is 1.59. The summed E-state index contributed by atoms with van der Waals surface area (Å²) in [6.45, 7) is 2.91. The number of carbonyl (C=O) groups is 1. The van der Waals surface area contributed by atoms with Crippen molar-refractivity contribution in [3.05, 3.63) is 71.9 Å². The Morgan fingerprint density at radius 1 is 1.04 bits per heavy atom. The number of carbonyl (C=O) groups excluding carboxylic acids is 1. The molecule has 6 heteroatoms. The number of hydrogen-bond donors (Lipinski definition) is 1. The van der Waals surface area contributed by atoms with Crippen LogP contribution in [0.15, 0.2) is 60.7 Å². The zero-order valence-corrected chi connectivity index (χ0v) is 15.5. The number of amides is 1. The molecule has 0 radical (unpaired) electrons. The van der Waals surface area contributed by atoms with Crippen molar-refractivity contribution in [2.45, 2.75) is 6.04 Å². The highest BCUT2D eigenvalue weighted by Crippen LogP contribution is 2.29. The Morgan fingerprint density at radius 3 is 2.39 bits per heavy atom. The number of piperazine rings is 1. The van der Waals surface area contributed by atoms with Crippen molar-refractivity contribution < 1.29 is 4.79 Å². The van der Waals surface area contributed by atoms with E-state index in [1.165, 1.54) is 0 Å². The summed E-state index contributed by atoms with van der Waals surface area (Å²) in [5.74, 6) is -0.333. The van der Waals surface area contributed by atoms with Gasteiger partial charge in [0.2, 0.25) is 5.91 Å². The van der Waals surface area contributed by atoms with Crippen molar-refractivity contribution in [1.82, 2.24) is 9.88 Å². The summed E-state index contributed by atoms with van der Waals surface area (Å²) in [4.78, 5) is 20.9. The largest absolute Gasteiger partial charge is 0.368 e. The second-order valence-corrected chi connectivity index (χ2v) is 6.89. The van der Waals surface area contributed by atoms with Crippen LogP contribution in [-0.2, 0) is 4.79 Å². The van der Waals surface area contributed by atoms with Crippen LogP contribution in [0.2, 0.25) is 0 Å². The molecule has 0 aliphatic carbocycles. The van der Waals surface area contributed by atoms with Gasteiger partial charge in [-0.3, -0.25) is 9.69 Å².